The number of hydrogen-bond acceptors (Lipinski definition) is 4. The van der Waals surface area contributed by atoms with Gasteiger partial charge in [0.2, 0.25) is 0 Å². The zero-order chi connectivity index (χ0) is 14.5. The molecule has 0 saturated heterocycles. The Morgan fingerprint density at radius 3 is 2.90 bits per heavy atom. The third-order valence-electron chi connectivity index (χ3n) is 2.96. The van der Waals surface area contributed by atoms with Crippen LogP contribution in [-0.2, 0) is 18.8 Å². The van der Waals surface area contributed by atoms with Crippen LogP contribution < -0.4 is 11.2 Å². The summed E-state index contributed by atoms with van der Waals surface area (Å²) < 4.78 is 1.54. The van der Waals surface area contributed by atoms with Crippen LogP contribution in [0.5, 0.6) is 0 Å². The summed E-state index contributed by atoms with van der Waals surface area (Å²) in [5.41, 5.74) is 0.803. The van der Waals surface area contributed by atoms with E-state index < -0.39 is 0 Å². The molecule has 0 atom stereocenters. The molecular weight excluding hydrogens is 298 g/mol. The summed E-state index contributed by atoms with van der Waals surface area (Å²) in [6, 6.07) is 0. The topological polar surface area (TPSA) is 67.8 Å². The fourth-order valence-electron chi connectivity index (χ4n) is 1.87. The molecule has 0 amide bonds. The number of alkyl halides is 1. The molecule has 0 unspecified atom stereocenters. The van der Waals surface area contributed by atoms with E-state index in [2.05, 4.69) is 9.97 Å². The van der Waals surface area contributed by atoms with Crippen LogP contribution in [-0.4, -0.2) is 14.5 Å². The van der Waals surface area contributed by atoms with Gasteiger partial charge < -0.3 is 4.57 Å². The van der Waals surface area contributed by atoms with Crippen molar-refractivity contribution in [1.82, 2.24) is 14.5 Å². The number of nitrogens with zero attached hydrogens (tertiary/aromatic N) is 2. The number of unbranched alkanes of at least 4 members (excludes halogenated alkanes) is 1. The minimum atomic E-state index is -0.348. The lowest BCUT2D eigenvalue weighted by molar-refractivity contribution is 0.577. The van der Waals surface area contributed by atoms with E-state index in [9.17, 15) is 9.59 Å². The number of aromatic nitrogens is 3. The van der Waals surface area contributed by atoms with Crippen LogP contribution in [0.1, 0.15) is 29.1 Å². The van der Waals surface area contributed by atoms with Gasteiger partial charge in [0.25, 0.3) is 5.56 Å². The van der Waals surface area contributed by atoms with Crippen molar-refractivity contribution in [3.63, 3.8) is 0 Å². The summed E-state index contributed by atoms with van der Waals surface area (Å²) >= 11 is 7.32. The third kappa shape index (κ3) is 3.80. The minimum Gasteiger partial charge on any atom is -0.300 e. The van der Waals surface area contributed by atoms with Gasteiger partial charge >= 0.3 is 5.69 Å². The van der Waals surface area contributed by atoms with Crippen LogP contribution in [0.25, 0.3) is 0 Å². The predicted molar refractivity (Wildman–Crippen MR) is 80.7 cm³/mol. The van der Waals surface area contributed by atoms with Crippen molar-refractivity contribution in [2.45, 2.75) is 38.6 Å². The van der Waals surface area contributed by atoms with Gasteiger partial charge in [-0.3, -0.25) is 9.78 Å². The van der Waals surface area contributed by atoms with Gasteiger partial charge in [-0.25, -0.2) is 9.78 Å². The largest absolute Gasteiger partial charge is 0.328 e. The van der Waals surface area contributed by atoms with Crippen molar-refractivity contribution < 1.29 is 0 Å². The standard InChI is InChI=1S/C13H16ClN3O2S/c1-9-7-17(13(19)16-12(9)18)5-3-2-4-11-15-10(6-14)8-20-11/h7-8H,2-6H2,1H3,(H,16,18,19). The number of aromatic amines is 1. The van der Waals surface area contributed by atoms with Crippen LogP contribution in [0.2, 0.25) is 0 Å². The van der Waals surface area contributed by atoms with Crippen LogP contribution >= 0.6 is 22.9 Å². The summed E-state index contributed by atoms with van der Waals surface area (Å²) in [4.78, 5) is 29.5. The van der Waals surface area contributed by atoms with Gasteiger partial charge in [-0.2, -0.15) is 0 Å². The molecule has 0 aromatic carbocycles. The maximum Gasteiger partial charge on any atom is 0.328 e. The Bertz CT molecular complexity index is 689. The minimum absolute atomic E-state index is 0.317. The highest BCUT2D eigenvalue weighted by molar-refractivity contribution is 7.09. The van der Waals surface area contributed by atoms with E-state index in [0.29, 0.717) is 18.0 Å². The van der Waals surface area contributed by atoms with E-state index in [1.54, 1.807) is 29.0 Å². The average Bonchev–Trinajstić information content (AvgIpc) is 2.88. The molecule has 0 aliphatic heterocycles. The Labute approximate surface area is 125 Å². The van der Waals surface area contributed by atoms with Crippen molar-refractivity contribution in [3.8, 4) is 0 Å². The molecule has 2 aromatic heterocycles. The van der Waals surface area contributed by atoms with Crippen LogP contribution in [0.4, 0.5) is 0 Å². The average molecular weight is 314 g/mol. The molecule has 1 N–H and O–H groups in total. The van der Waals surface area contributed by atoms with E-state index in [1.165, 1.54) is 0 Å². The first-order valence-electron chi connectivity index (χ1n) is 6.40. The molecule has 2 rings (SSSR count). The maximum absolute atomic E-state index is 11.6. The molecule has 2 heterocycles. The Kier molecular flexibility index (Phi) is 5.14. The van der Waals surface area contributed by atoms with Gasteiger partial charge in [0.1, 0.15) is 0 Å². The van der Waals surface area contributed by atoms with Crippen molar-refractivity contribution in [2.75, 3.05) is 0 Å². The molecule has 0 fully saturated rings. The molecule has 0 aliphatic rings. The lowest BCUT2D eigenvalue weighted by atomic mass is 10.2. The Balaban J connectivity index is 1.86. The molecule has 0 saturated carbocycles. The quantitative estimate of drug-likeness (QED) is 0.655. The number of aryl methyl sites for hydroxylation is 3. The highest BCUT2D eigenvalue weighted by Crippen LogP contribution is 2.14. The summed E-state index contributed by atoms with van der Waals surface area (Å²) in [5.74, 6) is 0.447. The molecule has 20 heavy (non-hydrogen) atoms. The highest BCUT2D eigenvalue weighted by atomic mass is 35.5. The summed E-state index contributed by atoms with van der Waals surface area (Å²) in [5, 5.41) is 3.05. The number of H-pyrrole nitrogens is 1. The second-order valence-electron chi connectivity index (χ2n) is 4.59. The SMILES string of the molecule is Cc1cn(CCCCc2nc(CCl)cs2)c(=O)[nH]c1=O. The molecule has 0 spiro atoms. The van der Waals surface area contributed by atoms with Crippen molar-refractivity contribution >= 4 is 22.9 Å². The van der Waals surface area contributed by atoms with Crippen molar-refractivity contribution in [3.05, 3.63) is 48.7 Å². The van der Waals surface area contributed by atoms with Gasteiger partial charge in [-0.15, -0.1) is 22.9 Å². The Morgan fingerprint density at radius 2 is 2.20 bits per heavy atom. The second-order valence-corrected chi connectivity index (χ2v) is 5.80. The van der Waals surface area contributed by atoms with E-state index >= 15 is 0 Å². The van der Waals surface area contributed by atoms with Gasteiger partial charge in [-0.05, 0) is 26.2 Å². The zero-order valence-electron chi connectivity index (χ0n) is 11.2. The van der Waals surface area contributed by atoms with E-state index in [0.717, 1.165) is 30.0 Å². The maximum atomic E-state index is 11.6. The number of hydrogen-bond donors (Lipinski definition) is 1. The van der Waals surface area contributed by atoms with Gasteiger partial charge in [0, 0.05) is 23.7 Å². The number of halogens is 1. The van der Waals surface area contributed by atoms with Crippen molar-refractivity contribution in [2.24, 2.45) is 0 Å². The molecule has 2 aromatic rings. The van der Waals surface area contributed by atoms with E-state index in [1.807, 2.05) is 5.38 Å². The zero-order valence-corrected chi connectivity index (χ0v) is 12.8. The molecule has 0 radical (unpaired) electrons. The smallest absolute Gasteiger partial charge is 0.300 e. The van der Waals surface area contributed by atoms with Crippen LogP contribution in [0.3, 0.4) is 0 Å². The monoisotopic (exact) mass is 313 g/mol. The normalized spacial score (nSPS) is 10.9. The molecule has 108 valence electrons. The number of nitrogens with one attached hydrogen (secondary N) is 1. The Hall–Kier alpha value is -1.40. The predicted octanol–water partition coefficient (Wildman–Crippen LogP) is 2.06. The Morgan fingerprint density at radius 1 is 1.40 bits per heavy atom. The summed E-state index contributed by atoms with van der Waals surface area (Å²) in [6.45, 7) is 2.29. The molecular formula is C13H16ClN3O2S. The second kappa shape index (κ2) is 6.85. The molecule has 0 bridgehead atoms. The van der Waals surface area contributed by atoms with Crippen molar-refractivity contribution in [1.29, 1.82) is 0 Å². The van der Waals surface area contributed by atoms with E-state index in [-0.39, 0.29) is 11.2 Å². The first-order chi connectivity index (χ1) is 9.60. The first kappa shape index (κ1) is 15.0. The lowest BCUT2D eigenvalue weighted by Crippen LogP contribution is -2.30. The molecule has 5 nitrogen and oxygen atoms in total. The van der Waals surface area contributed by atoms with Gasteiger partial charge in [0.05, 0.1) is 16.6 Å². The van der Waals surface area contributed by atoms with E-state index in [4.69, 9.17) is 11.6 Å². The fourth-order valence-corrected chi connectivity index (χ4v) is 2.94. The number of thiazole rings is 1. The number of rotatable bonds is 6. The molecule has 7 heteroatoms. The molecule has 0 aliphatic carbocycles. The lowest BCUT2D eigenvalue weighted by Gasteiger charge is -2.05. The third-order valence-corrected chi connectivity index (χ3v) is 4.20. The van der Waals surface area contributed by atoms with Crippen LogP contribution in [0.15, 0.2) is 21.2 Å². The van der Waals surface area contributed by atoms with Gasteiger partial charge in [-0.1, -0.05) is 0 Å². The van der Waals surface area contributed by atoms with Gasteiger partial charge in [0.15, 0.2) is 0 Å². The fraction of sp³-hybridized carbons (Fsp3) is 0.462. The first-order valence-corrected chi connectivity index (χ1v) is 7.81. The van der Waals surface area contributed by atoms with Crippen LogP contribution in [0, 0.1) is 6.92 Å². The summed E-state index contributed by atoms with van der Waals surface area (Å²) in [6.07, 6.45) is 4.30. The summed E-state index contributed by atoms with van der Waals surface area (Å²) in [7, 11) is 0. The highest BCUT2D eigenvalue weighted by Gasteiger charge is 2.03.